The van der Waals surface area contributed by atoms with Gasteiger partial charge in [-0.3, -0.25) is 19.3 Å². The Balaban J connectivity index is 1.89. The van der Waals surface area contributed by atoms with Crippen LogP contribution in [0.5, 0.6) is 0 Å². The van der Waals surface area contributed by atoms with Gasteiger partial charge in [0.2, 0.25) is 5.91 Å². The maximum Gasteiger partial charge on any atom is 0.262 e. The Bertz CT molecular complexity index is 887. The summed E-state index contributed by atoms with van der Waals surface area (Å²) in [5.41, 5.74) is 0.549. The van der Waals surface area contributed by atoms with E-state index in [4.69, 9.17) is 0 Å². The Labute approximate surface area is 168 Å². The smallest absolute Gasteiger partial charge is 0.262 e. The molecule has 1 unspecified atom stereocenters. The van der Waals surface area contributed by atoms with Gasteiger partial charge < -0.3 is 5.32 Å². The minimum absolute atomic E-state index is 0.00559. The van der Waals surface area contributed by atoms with E-state index in [1.807, 2.05) is 6.26 Å². The molecule has 5 nitrogen and oxygen atoms in total. The van der Waals surface area contributed by atoms with Gasteiger partial charge in [0.25, 0.3) is 11.8 Å². The summed E-state index contributed by atoms with van der Waals surface area (Å²) in [6, 6.07) is 9.69. The summed E-state index contributed by atoms with van der Waals surface area (Å²) in [6.07, 6.45) is 2.14. The van der Waals surface area contributed by atoms with Crippen LogP contribution in [0.25, 0.3) is 0 Å². The molecule has 0 radical (unpaired) electrons. The number of thioether (sulfide) groups is 1. The maximum absolute atomic E-state index is 14.1. The van der Waals surface area contributed by atoms with Crippen molar-refractivity contribution < 1.29 is 18.8 Å². The fourth-order valence-corrected chi connectivity index (χ4v) is 3.70. The predicted molar refractivity (Wildman–Crippen MR) is 106 cm³/mol. The Morgan fingerprint density at radius 1 is 1.19 bits per heavy atom. The lowest BCUT2D eigenvalue weighted by Crippen LogP contribution is -2.47. The van der Waals surface area contributed by atoms with Crippen LogP contribution in [0.2, 0.25) is 0 Å². The number of anilines is 1. The molecule has 1 atom stereocenters. The normalized spacial score (nSPS) is 14.3. The molecule has 140 valence electrons. The second-order valence-electron chi connectivity index (χ2n) is 5.94. The Hall–Kier alpha value is -2.19. The molecule has 1 aliphatic rings. The molecule has 0 fully saturated rings. The van der Waals surface area contributed by atoms with Gasteiger partial charge in [-0.2, -0.15) is 11.8 Å². The summed E-state index contributed by atoms with van der Waals surface area (Å²) < 4.78 is 14.6. The van der Waals surface area contributed by atoms with Crippen molar-refractivity contribution in [2.45, 2.75) is 12.5 Å². The van der Waals surface area contributed by atoms with Gasteiger partial charge in [-0.05, 0) is 48.8 Å². The monoisotopic (exact) mass is 450 g/mol. The van der Waals surface area contributed by atoms with Gasteiger partial charge >= 0.3 is 0 Å². The van der Waals surface area contributed by atoms with Crippen molar-refractivity contribution in [1.29, 1.82) is 0 Å². The molecule has 0 saturated heterocycles. The zero-order chi connectivity index (χ0) is 19.6. The summed E-state index contributed by atoms with van der Waals surface area (Å²) in [7, 11) is 0. The van der Waals surface area contributed by atoms with Crippen LogP contribution in [0.3, 0.4) is 0 Å². The second-order valence-corrected chi connectivity index (χ2v) is 7.84. The molecule has 0 aromatic heterocycles. The third-order valence-corrected chi connectivity index (χ3v) is 5.36. The average molecular weight is 451 g/mol. The van der Waals surface area contributed by atoms with E-state index in [0.29, 0.717) is 10.2 Å². The molecular weight excluding hydrogens is 435 g/mol. The molecule has 1 aliphatic heterocycles. The first-order chi connectivity index (χ1) is 12.9. The number of nitrogens with one attached hydrogen (secondary N) is 1. The Morgan fingerprint density at radius 3 is 2.37 bits per heavy atom. The highest BCUT2D eigenvalue weighted by Crippen LogP contribution is 2.27. The van der Waals surface area contributed by atoms with Crippen LogP contribution in [0, 0.1) is 5.82 Å². The van der Waals surface area contributed by atoms with E-state index in [9.17, 15) is 18.8 Å². The van der Waals surface area contributed by atoms with Crippen molar-refractivity contribution in [1.82, 2.24) is 4.90 Å². The highest BCUT2D eigenvalue weighted by molar-refractivity contribution is 9.10. The van der Waals surface area contributed by atoms with Crippen molar-refractivity contribution in [3.05, 3.63) is 63.9 Å². The molecule has 1 N–H and O–H groups in total. The van der Waals surface area contributed by atoms with Gasteiger partial charge in [0.05, 0.1) is 16.8 Å². The second kappa shape index (κ2) is 8.22. The topological polar surface area (TPSA) is 66.5 Å². The molecule has 2 aromatic rings. The molecule has 0 aliphatic carbocycles. The number of amides is 3. The number of benzene rings is 2. The third-order valence-electron chi connectivity index (χ3n) is 4.22. The number of fused-ring (bicyclic) bond motifs is 1. The van der Waals surface area contributed by atoms with Crippen LogP contribution in [0.1, 0.15) is 27.1 Å². The molecule has 0 bridgehead atoms. The van der Waals surface area contributed by atoms with Crippen LogP contribution in [0.15, 0.2) is 46.9 Å². The SMILES string of the molecule is CSCCC(C(=O)Nc1ccc(Br)cc1F)N1C(=O)c2ccccc2C1=O. The van der Waals surface area contributed by atoms with Crippen LogP contribution in [0.4, 0.5) is 10.1 Å². The number of hydrogen-bond donors (Lipinski definition) is 1. The highest BCUT2D eigenvalue weighted by atomic mass is 79.9. The van der Waals surface area contributed by atoms with E-state index in [-0.39, 0.29) is 23.2 Å². The van der Waals surface area contributed by atoms with Crippen LogP contribution < -0.4 is 5.32 Å². The maximum atomic E-state index is 14.1. The lowest BCUT2D eigenvalue weighted by molar-refractivity contribution is -0.120. The fourth-order valence-electron chi connectivity index (χ4n) is 2.90. The average Bonchev–Trinajstić information content (AvgIpc) is 2.90. The minimum atomic E-state index is -1.02. The largest absolute Gasteiger partial charge is 0.322 e. The van der Waals surface area contributed by atoms with Crippen molar-refractivity contribution >= 4 is 51.1 Å². The lowest BCUT2D eigenvalue weighted by atomic mass is 10.1. The first-order valence-corrected chi connectivity index (χ1v) is 10.3. The molecule has 2 aromatic carbocycles. The van der Waals surface area contributed by atoms with Crippen LogP contribution in [-0.2, 0) is 4.79 Å². The van der Waals surface area contributed by atoms with Crippen molar-refractivity contribution in [2.24, 2.45) is 0 Å². The molecule has 3 amide bonds. The minimum Gasteiger partial charge on any atom is -0.322 e. The van der Waals surface area contributed by atoms with Crippen molar-refractivity contribution in [3.8, 4) is 0 Å². The molecule has 0 spiro atoms. The third kappa shape index (κ3) is 3.91. The fraction of sp³-hybridized carbons (Fsp3) is 0.211. The molecule has 8 heteroatoms. The van der Waals surface area contributed by atoms with Crippen molar-refractivity contribution in [3.63, 3.8) is 0 Å². The first-order valence-electron chi connectivity index (χ1n) is 8.15. The number of imide groups is 1. The number of rotatable bonds is 6. The van der Waals surface area contributed by atoms with E-state index in [1.165, 1.54) is 23.9 Å². The number of carbonyl (C=O) groups is 3. The van der Waals surface area contributed by atoms with E-state index in [0.717, 1.165) is 4.90 Å². The Kier molecular flexibility index (Phi) is 5.96. The zero-order valence-corrected chi connectivity index (χ0v) is 16.8. The first kappa shape index (κ1) is 19.6. The standard InChI is InChI=1S/C19H16BrFN2O3S/c1-27-9-8-16(17(24)22-15-7-6-11(20)10-14(15)21)23-18(25)12-4-2-3-5-13(12)19(23)26/h2-7,10,16H,8-9H2,1H3,(H,22,24). The quantitative estimate of drug-likeness (QED) is 0.676. The van der Waals surface area contributed by atoms with Gasteiger partial charge in [-0.1, -0.05) is 28.1 Å². The lowest BCUT2D eigenvalue weighted by Gasteiger charge is -2.25. The summed E-state index contributed by atoms with van der Waals surface area (Å²) in [5.74, 6) is -1.65. The number of carbonyl (C=O) groups excluding carboxylic acids is 3. The Morgan fingerprint density at radius 2 is 1.81 bits per heavy atom. The molecule has 3 rings (SSSR count). The van der Waals surface area contributed by atoms with E-state index < -0.39 is 29.6 Å². The molecule has 0 saturated carbocycles. The predicted octanol–water partition coefficient (Wildman–Crippen LogP) is 3.94. The van der Waals surface area contributed by atoms with E-state index in [2.05, 4.69) is 21.2 Å². The van der Waals surface area contributed by atoms with E-state index >= 15 is 0 Å². The summed E-state index contributed by atoms with van der Waals surface area (Å²) >= 11 is 4.65. The van der Waals surface area contributed by atoms with Gasteiger partial charge in [0, 0.05) is 4.47 Å². The van der Waals surface area contributed by atoms with Crippen LogP contribution >= 0.6 is 27.7 Å². The molecular formula is C19H16BrFN2O3S. The summed E-state index contributed by atoms with van der Waals surface area (Å²) in [5, 5.41) is 2.50. The van der Waals surface area contributed by atoms with Crippen molar-refractivity contribution in [2.75, 3.05) is 17.3 Å². The number of hydrogen-bond acceptors (Lipinski definition) is 4. The van der Waals surface area contributed by atoms with Gasteiger partial charge in [-0.15, -0.1) is 0 Å². The number of halogens is 2. The molecule has 27 heavy (non-hydrogen) atoms. The van der Waals surface area contributed by atoms with Gasteiger partial charge in [0.1, 0.15) is 11.9 Å². The molecule has 1 heterocycles. The summed E-state index contributed by atoms with van der Waals surface area (Å²) in [6.45, 7) is 0. The van der Waals surface area contributed by atoms with Gasteiger partial charge in [0.15, 0.2) is 0 Å². The number of nitrogens with zero attached hydrogens (tertiary/aromatic N) is 1. The zero-order valence-electron chi connectivity index (χ0n) is 14.4. The van der Waals surface area contributed by atoms with Gasteiger partial charge in [-0.25, -0.2) is 4.39 Å². The van der Waals surface area contributed by atoms with E-state index in [1.54, 1.807) is 30.3 Å². The van der Waals surface area contributed by atoms with Crippen LogP contribution in [-0.4, -0.2) is 40.7 Å². The highest BCUT2D eigenvalue weighted by Gasteiger charge is 2.42. The summed E-state index contributed by atoms with van der Waals surface area (Å²) in [4.78, 5) is 39.3.